The number of fused-ring (bicyclic) bond motifs is 1. The van der Waals surface area contributed by atoms with Crippen LogP contribution in [0.2, 0.25) is 0 Å². The molecule has 3 rings (SSSR count). The standard InChI is InChI=1S/C16H15N3O4/c1-8-4-3-5-11-12(8)18-19-13(11)15(20)17-7-10-6-9(2)14(23-10)16(21)22/h3-6H,7H2,1-2H3,(H,17,20)(H,18,19)(H,21,22). The predicted molar refractivity (Wildman–Crippen MR) is 82.4 cm³/mol. The van der Waals surface area contributed by atoms with Gasteiger partial charge in [0.2, 0.25) is 5.76 Å². The number of carbonyl (C=O) groups excluding carboxylic acids is 1. The summed E-state index contributed by atoms with van der Waals surface area (Å²) in [6.07, 6.45) is 0. The summed E-state index contributed by atoms with van der Waals surface area (Å²) in [5.74, 6) is -1.19. The molecule has 0 spiro atoms. The first-order valence-electron chi connectivity index (χ1n) is 7.02. The Labute approximate surface area is 131 Å². The second-order valence-corrected chi connectivity index (χ2v) is 5.28. The molecular weight excluding hydrogens is 298 g/mol. The minimum atomic E-state index is -1.13. The molecule has 0 bridgehead atoms. The second kappa shape index (κ2) is 5.60. The molecule has 3 N–H and O–H groups in total. The number of nitrogens with one attached hydrogen (secondary N) is 2. The fraction of sp³-hybridized carbons (Fsp3) is 0.188. The number of hydrogen-bond acceptors (Lipinski definition) is 4. The van der Waals surface area contributed by atoms with Gasteiger partial charge in [0.25, 0.3) is 5.91 Å². The monoisotopic (exact) mass is 313 g/mol. The van der Waals surface area contributed by atoms with Crippen molar-refractivity contribution in [2.75, 3.05) is 0 Å². The summed E-state index contributed by atoms with van der Waals surface area (Å²) in [4.78, 5) is 23.2. The van der Waals surface area contributed by atoms with Crippen LogP contribution < -0.4 is 5.32 Å². The number of benzene rings is 1. The van der Waals surface area contributed by atoms with Crippen LogP contribution in [-0.4, -0.2) is 27.2 Å². The fourth-order valence-corrected chi connectivity index (χ4v) is 2.46. The zero-order valence-electron chi connectivity index (χ0n) is 12.6. The summed E-state index contributed by atoms with van der Waals surface area (Å²) in [5.41, 5.74) is 2.61. The molecule has 0 saturated heterocycles. The smallest absolute Gasteiger partial charge is 0.372 e. The summed E-state index contributed by atoms with van der Waals surface area (Å²) in [6, 6.07) is 7.20. The highest BCUT2D eigenvalue weighted by atomic mass is 16.4. The molecule has 7 nitrogen and oxygen atoms in total. The van der Waals surface area contributed by atoms with Crippen molar-refractivity contribution in [1.82, 2.24) is 15.5 Å². The number of aryl methyl sites for hydroxylation is 2. The van der Waals surface area contributed by atoms with E-state index < -0.39 is 5.97 Å². The highest BCUT2D eigenvalue weighted by molar-refractivity contribution is 6.05. The number of furan rings is 1. The van der Waals surface area contributed by atoms with E-state index in [-0.39, 0.29) is 18.2 Å². The molecule has 23 heavy (non-hydrogen) atoms. The minimum Gasteiger partial charge on any atom is -0.475 e. The average molecular weight is 313 g/mol. The molecule has 0 radical (unpaired) electrons. The van der Waals surface area contributed by atoms with E-state index >= 15 is 0 Å². The number of carbonyl (C=O) groups is 2. The fourth-order valence-electron chi connectivity index (χ4n) is 2.46. The van der Waals surface area contributed by atoms with Crippen molar-refractivity contribution < 1.29 is 19.1 Å². The number of aromatic amines is 1. The van der Waals surface area contributed by atoms with Gasteiger partial charge < -0.3 is 14.8 Å². The van der Waals surface area contributed by atoms with Crippen LogP contribution >= 0.6 is 0 Å². The van der Waals surface area contributed by atoms with Crippen LogP contribution in [0.25, 0.3) is 10.9 Å². The van der Waals surface area contributed by atoms with Gasteiger partial charge in [-0.05, 0) is 25.5 Å². The van der Waals surface area contributed by atoms with Gasteiger partial charge in [0, 0.05) is 10.9 Å². The number of carboxylic acids is 1. The molecule has 7 heteroatoms. The van der Waals surface area contributed by atoms with Crippen LogP contribution in [0.1, 0.15) is 37.9 Å². The summed E-state index contributed by atoms with van der Waals surface area (Å²) in [5, 5.41) is 19.3. The number of para-hydroxylation sites is 1. The van der Waals surface area contributed by atoms with Crippen molar-refractivity contribution in [2.45, 2.75) is 20.4 Å². The lowest BCUT2D eigenvalue weighted by atomic mass is 10.1. The molecule has 2 heterocycles. The van der Waals surface area contributed by atoms with Crippen molar-refractivity contribution in [3.05, 3.63) is 52.6 Å². The van der Waals surface area contributed by atoms with E-state index in [0.717, 1.165) is 16.5 Å². The summed E-state index contributed by atoms with van der Waals surface area (Å²) >= 11 is 0. The van der Waals surface area contributed by atoms with E-state index in [4.69, 9.17) is 9.52 Å². The zero-order valence-corrected chi connectivity index (χ0v) is 12.6. The van der Waals surface area contributed by atoms with Crippen LogP contribution in [0, 0.1) is 13.8 Å². The van der Waals surface area contributed by atoms with Crippen LogP contribution in [0.15, 0.2) is 28.7 Å². The Morgan fingerprint density at radius 2 is 2.09 bits per heavy atom. The number of rotatable bonds is 4. The van der Waals surface area contributed by atoms with Gasteiger partial charge in [-0.15, -0.1) is 0 Å². The first kappa shape index (κ1) is 14.8. The van der Waals surface area contributed by atoms with E-state index in [1.807, 2.05) is 25.1 Å². The zero-order chi connectivity index (χ0) is 16.6. The van der Waals surface area contributed by atoms with Gasteiger partial charge >= 0.3 is 5.97 Å². The maximum absolute atomic E-state index is 12.3. The van der Waals surface area contributed by atoms with Crippen molar-refractivity contribution in [2.24, 2.45) is 0 Å². The second-order valence-electron chi connectivity index (χ2n) is 5.28. The summed E-state index contributed by atoms with van der Waals surface area (Å²) in [6.45, 7) is 3.66. The first-order valence-corrected chi connectivity index (χ1v) is 7.02. The van der Waals surface area contributed by atoms with Gasteiger partial charge in [0.15, 0.2) is 0 Å². The summed E-state index contributed by atoms with van der Waals surface area (Å²) < 4.78 is 5.21. The minimum absolute atomic E-state index is 0.0965. The SMILES string of the molecule is Cc1cc(CNC(=O)c2[nH]nc3c(C)cccc23)oc1C(=O)O. The third-order valence-corrected chi connectivity index (χ3v) is 3.60. The number of amides is 1. The van der Waals surface area contributed by atoms with Crippen LogP contribution in [0.5, 0.6) is 0 Å². The Morgan fingerprint density at radius 1 is 1.30 bits per heavy atom. The highest BCUT2D eigenvalue weighted by Crippen LogP contribution is 2.19. The number of nitrogens with zero attached hydrogens (tertiary/aromatic N) is 1. The molecule has 1 aromatic carbocycles. The Kier molecular flexibility index (Phi) is 3.61. The lowest BCUT2D eigenvalue weighted by Gasteiger charge is -2.01. The molecule has 118 valence electrons. The molecule has 1 amide bonds. The average Bonchev–Trinajstić information content (AvgIpc) is 3.09. The number of aromatic nitrogens is 2. The van der Waals surface area contributed by atoms with Crippen molar-refractivity contribution in [3.8, 4) is 0 Å². The van der Waals surface area contributed by atoms with Gasteiger partial charge in [0.05, 0.1) is 12.1 Å². The third kappa shape index (κ3) is 2.68. The number of carboxylic acid groups (broad SMARTS) is 1. The van der Waals surface area contributed by atoms with Gasteiger partial charge in [0.1, 0.15) is 11.5 Å². The largest absolute Gasteiger partial charge is 0.475 e. The van der Waals surface area contributed by atoms with Gasteiger partial charge in [-0.1, -0.05) is 18.2 Å². The third-order valence-electron chi connectivity index (χ3n) is 3.60. The van der Waals surface area contributed by atoms with E-state index in [1.165, 1.54) is 0 Å². The van der Waals surface area contributed by atoms with Crippen LogP contribution in [0.3, 0.4) is 0 Å². The number of hydrogen-bond donors (Lipinski definition) is 3. The molecule has 0 aliphatic carbocycles. The Bertz CT molecular complexity index is 907. The van der Waals surface area contributed by atoms with Crippen LogP contribution in [0.4, 0.5) is 0 Å². The lowest BCUT2D eigenvalue weighted by Crippen LogP contribution is -2.23. The summed E-state index contributed by atoms with van der Waals surface area (Å²) in [7, 11) is 0. The molecule has 0 aliphatic rings. The van der Waals surface area contributed by atoms with Gasteiger partial charge in [-0.3, -0.25) is 9.89 Å². The Balaban J connectivity index is 1.78. The quantitative estimate of drug-likeness (QED) is 0.685. The topological polar surface area (TPSA) is 108 Å². The Morgan fingerprint density at radius 3 is 2.78 bits per heavy atom. The molecule has 0 unspecified atom stereocenters. The normalized spacial score (nSPS) is 10.9. The van der Waals surface area contributed by atoms with Gasteiger partial charge in [-0.25, -0.2) is 4.79 Å². The lowest BCUT2D eigenvalue weighted by molar-refractivity contribution is 0.0659. The molecule has 2 aromatic heterocycles. The van der Waals surface area contributed by atoms with Crippen molar-refractivity contribution in [1.29, 1.82) is 0 Å². The van der Waals surface area contributed by atoms with E-state index in [2.05, 4.69) is 15.5 Å². The molecule has 0 atom stereocenters. The van der Waals surface area contributed by atoms with Crippen molar-refractivity contribution >= 4 is 22.8 Å². The molecular formula is C16H15N3O4. The first-order chi connectivity index (χ1) is 11.0. The highest BCUT2D eigenvalue weighted by Gasteiger charge is 2.17. The Hall–Kier alpha value is -3.09. The maximum atomic E-state index is 12.3. The maximum Gasteiger partial charge on any atom is 0.372 e. The molecule has 0 fully saturated rings. The number of aromatic carboxylic acids is 1. The molecule has 0 saturated carbocycles. The molecule has 0 aliphatic heterocycles. The van der Waals surface area contributed by atoms with Crippen molar-refractivity contribution in [3.63, 3.8) is 0 Å². The van der Waals surface area contributed by atoms with E-state index in [0.29, 0.717) is 17.0 Å². The molecule has 3 aromatic rings. The van der Waals surface area contributed by atoms with E-state index in [9.17, 15) is 9.59 Å². The predicted octanol–water partition coefficient (Wildman–Crippen LogP) is 2.40. The van der Waals surface area contributed by atoms with Gasteiger partial charge in [-0.2, -0.15) is 5.10 Å². The van der Waals surface area contributed by atoms with Crippen LogP contribution in [-0.2, 0) is 6.54 Å². The number of H-pyrrole nitrogens is 1. The van der Waals surface area contributed by atoms with E-state index in [1.54, 1.807) is 13.0 Å².